The minimum atomic E-state index is -2.59. The molecule has 5 nitrogen and oxygen atoms in total. The van der Waals surface area contributed by atoms with E-state index >= 15 is 0 Å². The minimum Gasteiger partial charge on any atom is -0.496 e. The number of amides is 1. The van der Waals surface area contributed by atoms with Crippen LogP contribution in [-0.2, 0) is 17.9 Å². The van der Waals surface area contributed by atoms with E-state index in [-0.39, 0.29) is 37.5 Å². The van der Waals surface area contributed by atoms with Crippen molar-refractivity contribution in [3.05, 3.63) is 30.0 Å². The second kappa shape index (κ2) is 7.70. The number of carbonyl (C=O) groups is 1. The van der Waals surface area contributed by atoms with Gasteiger partial charge in [-0.25, -0.2) is 8.78 Å². The molecule has 1 aliphatic carbocycles. The van der Waals surface area contributed by atoms with Crippen LogP contribution in [-0.4, -0.2) is 48.0 Å². The van der Waals surface area contributed by atoms with Crippen LogP contribution < -0.4 is 10.1 Å². The van der Waals surface area contributed by atoms with E-state index in [2.05, 4.69) is 26.9 Å². The van der Waals surface area contributed by atoms with Crippen molar-refractivity contribution in [2.45, 2.75) is 44.7 Å². The number of hydrogen-bond donors (Lipinski definition) is 1. The Hall–Kier alpha value is -2.15. The maximum Gasteiger partial charge on any atom is 0.248 e. The van der Waals surface area contributed by atoms with E-state index in [1.54, 1.807) is 7.11 Å². The number of ether oxygens (including phenoxy) is 1. The summed E-state index contributed by atoms with van der Waals surface area (Å²) < 4.78 is 34.3. The highest BCUT2D eigenvalue weighted by Crippen LogP contribution is 2.36. The van der Waals surface area contributed by atoms with Crippen LogP contribution in [0.2, 0.25) is 0 Å². The van der Waals surface area contributed by atoms with Crippen molar-refractivity contribution in [2.75, 3.05) is 26.7 Å². The molecule has 152 valence electrons. The minimum absolute atomic E-state index is 0.0774. The number of hydrogen-bond acceptors (Lipinski definition) is 3. The Morgan fingerprint density at radius 3 is 2.82 bits per heavy atom. The Bertz CT molecular complexity index is 855. The number of halogens is 2. The number of carbonyl (C=O) groups excluding carboxylic acids is 1. The quantitative estimate of drug-likeness (QED) is 0.850. The van der Waals surface area contributed by atoms with E-state index in [0.717, 1.165) is 37.3 Å². The molecule has 0 saturated heterocycles. The predicted octanol–water partition coefficient (Wildman–Crippen LogP) is 3.41. The standard InChI is InChI=1S/C21H27F2N3O2/c1-28-19-4-2-3-18-17(19)13-16-14-25(11-12-26(16)18)10-9-24-20(27)15-5-7-21(22,23)8-6-15/h2-4,13,15H,5-12,14H2,1H3,(H,24,27). The SMILES string of the molecule is COc1cccc2c1cc1n2CCN(CCNC(=O)C2CCC(F)(F)CC2)C1. The molecular weight excluding hydrogens is 364 g/mol. The van der Waals surface area contributed by atoms with E-state index in [1.165, 1.54) is 11.2 Å². The number of benzene rings is 1. The summed E-state index contributed by atoms with van der Waals surface area (Å²) in [6, 6.07) is 8.28. The van der Waals surface area contributed by atoms with E-state index in [4.69, 9.17) is 4.74 Å². The Morgan fingerprint density at radius 2 is 2.07 bits per heavy atom. The van der Waals surface area contributed by atoms with Gasteiger partial charge >= 0.3 is 0 Å². The molecule has 0 unspecified atom stereocenters. The van der Waals surface area contributed by atoms with Crippen LogP contribution in [0.4, 0.5) is 8.78 Å². The molecule has 2 aliphatic rings. The zero-order valence-corrected chi connectivity index (χ0v) is 16.2. The van der Waals surface area contributed by atoms with Gasteiger partial charge < -0.3 is 14.6 Å². The first-order valence-corrected chi connectivity index (χ1v) is 10.00. The van der Waals surface area contributed by atoms with Crippen molar-refractivity contribution in [1.29, 1.82) is 0 Å². The van der Waals surface area contributed by atoms with Gasteiger partial charge in [-0.2, -0.15) is 0 Å². The number of alkyl halides is 2. The maximum absolute atomic E-state index is 13.2. The molecule has 7 heteroatoms. The highest BCUT2D eigenvalue weighted by Gasteiger charge is 2.37. The predicted molar refractivity (Wildman–Crippen MR) is 104 cm³/mol. The van der Waals surface area contributed by atoms with E-state index in [1.807, 2.05) is 12.1 Å². The van der Waals surface area contributed by atoms with Crippen molar-refractivity contribution in [2.24, 2.45) is 5.92 Å². The zero-order valence-electron chi connectivity index (χ0n) is 16.2. The lowest BCUT2D eigenvalue weighted by molar-refractivity contribution is -0.129. The summed E-state index contributed by atoms with van der Waals surface area (Å²) in [5.74, 6) is -2.05. The van der Waals surface area contributed by atoms with Gasteiger partial charge in [0.2, 0.25) is 11.8 Å². The average Bonchev–Trinajstić information content (AvgIpc) is 3.05. The van der Waals surface area contributed by atoms with Gasteiger partial charge in [-0.05, 0) is 31.0 Å². The van der Waals surface area contributed by atoms with Crippen molar-refractivity contribution in [3.8, 4) is 5.75 Å². The summed E-state index contributed by atoms with van der Waals surface area (Å²) in [6.45, 7) is 3.95. The lowest BCUT2D eigenvalue weighted by Crippen LogP contribution is -2.41. The van der Waals surface area contributed by atoms with Crippen molar-refractivity contribution in [3.63, 3.8) is 0 Å². The third-order valence-electron chi connectivity index (χ3n) is 6.05. The van der Waals surface area contributed by atoms with Crippen molar-refractivity contribution < 1.29 is 18.3 Å². The molecule has 1 N–H and O–H groups in total. The average molecular weight is 391 g/mol. The summed E-state index contributed by atoms with van der Waals surface area (Å²) in [5.41, 5.74) is 2.43. The van der Waals surface area contributed by atoms with Gasteiger partial charge in [0.25, 0.3) is 0 Å². The highest BCUT2D eigenvalue weighted by molar-refractivity contribution is 5.87. The van der Waals surface area contributed by atoms with E-state index in [0.29, 0.717) is 6.54 Å². The van der Waals surface area contributed by atoms with Gasteiger partial charge in [-0.15, -0.1) is 0 Å². The molecule has 4 rings (SSSR count). The van der Waals surface area contributed by atoms with Gasteiger partial charge in [0.05, 0.1) is 12.6 Å². The molecule has 0 atom stereocenters. The zero-order chi connectivity index (χ0) is 19.7. The summed E-state index contributed by atoms with van der Waals surface area (Å²) in [4.78, 5) is 14.6. The molecule has 1 fully saturated rings. The van der Waals surface area contributed by atoms with Crippen LogP contribution in [0.15, 0.2) is 24.3 Å². The van der Waals surface area contributed by atoms with E-state index in [9.17, 15) is 13.6 Å². The molecule has 28 heavy (non-hydrogen) atoms. The third kappa shape index (κ3) is 3.85. The highest BCUT2D eigenvalue weighted by atomic mass is 19.3. The lowest BCUT2D eigenvalue weighted by Gasteiger charge is -2.30. The normalized spacial score (nSPS) is 20.1. The number of aromatic nitrogens is 1. The lowest BCUT2D eigenvalue weighted by atomic mass is 9.86. The smallest absolute Gasteiger partial charge is 0.248 e. The Balaban J connectivity index is 1.30. The van der Waals surface area contributed by atoms with Gasteiger partial charge in [-0.1, -0.05) is 6.07 Å². The van der Waals surface area contributed by atoms with Crippen molar-refractivity contribution in [1.82, 2.24) is 14.8 Å². The topological polar surface area (TPSA) is 46.5 Å². The van der Waals surface area contributed by atoms with Gasteiger partial charge in [0.15, 0.2) is 0 Å². The fourth-order valence-corrected chi connectivity index (χ4v) is 4.41. The molecule has 1 amide bonds. The third-order valence-corrected chi connectivity index (χ3v) is 6.05. The molecule has 1 aliphatic heterocycles. The van der Waals surface area contributed by atoms with E-state index < -0.39 is 5.92 Å². The van der Waals surface area contributed by atoms with Crippen LogP contribution in [0.25, 0.3) is 10.9 Å². The first-order chi connectivity index (χ1) is 13.5. The molecule has 0 spiro atoms. The fraction of sp³-hybridized carbons (Fsp3) is 0.571. The van der Waals surface area contributed by atoms with Gasteiger partial charge in [0.1, 0.15) is 5.75 Å². The molecule has 1 aromatic carbocycles. The van der Waals surface area contributed by atoms with Gasteiger partial charge in [-0.3, -0.25) is 9.69 Å². The largest absolute Gasteiger partial charge is 0.496 e. The monoisotopic (exact) mass is 391 g/mol. The van der Waals surface area contributed by atoms with Crippen LogP contribution in [0.3, 0.4) is 0 Å². The molecule has 1 aromatic heterocycles. The first kappa shape index (κ1) is 19.2. The summed E-state index contributed by atoms with van der Waals surface area (Å²) in [6.07, 6.45) is 0.214. The molecule has 0 radical (unpaired) electrons. The number of methoxy groups -OCH3 is 1. The maximum atomic E-state index is 13.2. The molecular formula is C21H27F2N3O2. The van der Waals surface area contributed by atoms with Crippen LogP contribution in [0.5, 0.6) is 5.75 Å². The summed E-state index contributed by atoms with van der Waals surface area (Å²) in [5, 5.41) is 4.07. The number of nitrogens with one attached hydrogen (secondary N) is 1. The van der Waals surface area contributed by atoms with Crippen molar-refractivity contribution >= 4 is 16.8 Å². The number of rotatable bonds is 5. The molecule has 1 saturated carbocycles. The van der Waals surface area contributed by atoms with Crippen LogP contribution in [0.1, 0.15) is 31.4 Å². The molecule has 2 aromatic rings. The van der Waals surface area contributed by atoms with Crippen LogP contribution in [0, 0.1) is 5.92 Å². The summed E-state index contributed by atoms with van der Waals surface area (Å²) >= 11 is 0. The Kier molecular flexibility index (Phi) is 5.27. The van der Waals surface area contributed by atoms with Crippen LogP contribution >= 0.6 is 0 Å². The summed E-state index contributed by atoms with van der Waals surface area (Å²) in [7, 11) is 1.69. The first-order valence-electron chi connectivity index (χ1n) is 10.00. The molecule has 2 heterocycles. The Morgan fingerprint density at radius 1 is 1.29 bits per heavy atom. The number of fused-ring (bicyclic) bond motifs is 3. The molecule has 0 bridgehead atoms. The second-order valence-electron chi connectivity index (χ2n) is 7.88. The second-order valence-corrected chi connectivity index (χ2v) is 7.88. The fourth-order valence-electron chi connectivity index (χ4n) is 4.41. The number of nitrogens with zero attached hydrogens (tertiary/aromatic N) is 2. The Labute approximate surface area is 163 Å². The van der Waals surface area contributed by atoms with Gasteiger partial charge in [0, 0.05) is 62.6 Å².